The van der Waals surface area contributed by atoms with Crippen LogP contribution >= 0.6 is 11.3 Å². The number of nitrogens with zero attached hydrogens (tertiary/aromatic N) is 2. The van der Waals surface area contributed by atoms with E-state index in [1.54, 1.807) is 12.1 Å². The first-order chi connectivity index (χ1) is 19.6. The molecular formula is C27H23F3N2O8S. The van der Waals surface area contributed by atoms with Gasteiger partial charge in [-0.2, -0.15) is 13.2 Å². The van der Waals surface area contributed by atoms with E-state index < -0.39 is 35.0 Å². The van der Waals surface area contributed by atoms with Gasteiger partial charge in [0.1, 0.15) is 0 Å². The maximum atomic E-state index is 14.4. The van der Waals surface area contributed by atoms with Gasteiger partial charge in [0.15, 0.2) is 33.5 Å². The number of aromatic nitrogens is 1. The number of allylic oxidation sites excluding steroid dienone is 1. The number of benzene rings is 2. The number of carbonyl (C=O) groups is 1. The summed E-state index contributed by atoms with van der Waals surface area (Å²) in [4.78, 5) is 30.4. The molecule has 0 saturated carbocycles. The second-order valence-electron chi connectivity index (χ2n) is 8.63. The number of rotatable bonds is 7. The Morgan fingerprint density at radius 2 is 1.78 bits per heavy atom. The summed E-state index contributed by atoms with van der Waals surface area (Å²) in [7, 11) is 4.29. The van der Waals surface area contributed by atoms with E-state index in [4.69, 9.17) is 28.4 Å². The second kappa shape index (κ2) is 10.8. The highest BCUT2D eigenvalue weighted by atomic mass is 32.1. The lowest BCUT2D eigenvalue weighted by molar-refractivity contribution is -0.140. The summed E-state index contributed by atoms with van der Waals surface area (Å²) in [6, 6.07) is 6.05. The zero-order valence-electron chi connectivity index (χ0n) is 22.2. The predicted octanol–water partition coefficient (Wildman–Crippen LogP) is 3.10. The Kier molecular flexibility index (Phi) is 7.43. The SMILES string of the molecule is CCOC(=O)C1=C(C(F)(F)F)N=c2sc(=Cc3cc(OC)c(OC)c(OC)c3)c(=O)n2[C@@H]1c1ccc2c(c1)OCO2. The maximum Gasteiger partial charge on any atom is 0.434 e. The minimum Gasteiger partial charge on any atom is -0.493 e. The van der Waals surface area contributed by atoms with Gasteiger partial charge in [-0.1, -0.05) is 17.4 Å². The number of ether oxygens (including phenoxy) is 6. The Balaban J connectivity index is 1.79. The average molecular weight is 593 g/mol. The van der Waals surface area contributed by atoms with Crippen LogP contribution < -0.4 is 38.6 Å². The Hall–Kier alpha value is -4.46. The first-order valence-corrected chi connectivity index (χ1v) is 12.9. The zero-order valence-corrected chi connectivity index (χ0v) is 23.0. The van der Waals surface area contributed by atoms with Crippen LogP contribution in [0.2, 0.25) is 0 Å². The van der Waals surface area contributed by atoms with Crippen LogP contribution in [-0.2, 0) is 9.53 Å². The summed E-state index contributed by atoms with van der Waals surface area (Å²) < 4.78 is 76.0. The van der Waals surface area contributed by atoms with Crippen molar-refractivity contribution >= 4 is 23.4 Å². The van der Waals surface area contributed by atoms with E-state index in [1.165, 1.54) is 52.5 Å². The van der Waals surface area contributed by atoms with Gasteiger partial charge in [-0.15, -0.1) is 0 Å². The molecule has 0 radical (unpaired) electrons. The van der Waals surface area contributed by atoms with E-state index in [2.05, 4.69) is 4.99 Å². The van der Waals surface area contributed by atoms with E-state index in [0.29, 0.717) is 28.6 Å². The van der Waals surface area contributed by atoms with E-state index in [9.17, 15) is 22.8 Å². The normalized spacial score (nSPS) is 16.3. The topological polar surface area (TPSA) is 107 Å². The van der Waals surface area contributed by atoms with Crippen molar-refractivity contribution in [3.8, 4) is 28.7 Å². The van der Waals surface area contributed by atoms with Crippen LogP contribution in [0.25, 0.3) is 6.08 Å². The molecule has 41 heavy (non-hydrogen) atoms. The lowest BCUT2D eigenvalue weighted by atomic mass is 9.95. The van der Waals surface area contributed by atoms with Gasteiger partial charge in [-0.3, -0.25) is 9.36 Å². The lowest BCUT2D eigenvalue weighted by Gasteiger charge is -2.26. The molecule has 0 spiro atoms. The molecule has 0 saturated heterocycles. The highest BCUT2D eigenvalue weighted by molar-refractivity contribution is 7.07. The number of methoxy groups -OCH3 is 3. The number of alkyl halides is 3. The summed E-state index contributed by atoms with van der Waals surface area (Å²) in [5, 5.41) is 0. The molecule has 2 aromatic carbocycles. The zero-order chi connectivity index (χ0) is 29.5. The molecule has 0 aliphatic carbocycles. The molecule has 0 N–H and O–H groups in total. The van der Waals surface area contributed by atoms with Gasteiger partial charge in [-0.05, 0) is 48.4 Å². The molecule has 3 aromatic rings. The van der Waals surface area contributed by atoms with Crippen molar-refractivity contribution < 1.29 is 46.4 Å². The maximum absolute atomic E-state index is 14.4. The van der Waals surface area contributed by atoms with Crippen molar-refractivity contribution in [2.75, 3.05) is 34.7 Å². The molecule has 0 bridgehead atoms. The number of thiazole rings is 1. The minimum absolute atomic E-state index is 0.0513. The van der Waals surface area contributed by atoms with Gasteiger partial charge in [0.05, 0.1) is 44.1 Å². The van der Waals surface area contributed by atoms with Crippen LogP contribution in [0.4, 0.5) is 13.2 Å². The molecule has 2 aliphatic heterocycles. The standard InChI is InChI=1S/C27H23F3N2O8S/c1-5-38-25(34)20-21(14-6-7-15-16(11-14)40-12-39-15)32-24(33)19(41-26(32)31-23(20)27(28,29)30)10-13-8-17(35-2)22(37-4)18(9-13)36-3/h6-11,21H,5,12H2,1-4H3/t21-/m1/s1. The third-order valence-corrected chi connectivity index (χ3v) is 7.28. The van der Waals surface area contributed by atoms with Gasteiger partial charge < -0.3 is 28.4 Å². The molecule has 216 valence electrons. The number of halogens is 3. The van der Waals surface area contributed by atoms with Crippen LogP contribution in [0.1, 0.15) is 24.1 Å². The van der Waals surface area contributed by atoms with Gasteiger partial charge >= 0.3 is 12.1 Å². The third kappa shape index (κ3) is 4.99. The van der Waals surface area contributed by atoms with E-state index in [-0.39, 0.29) is 34.0 Å². The fraction of sp³-hybridized carbons (Fsp3) is 0.296. The Morgan fingerprint density at radius 1 is 1.10 bits per heavy atom. The number of fused-ring (bicyclic) bond motifs is 2. The summed E-state index contributed by atoms with van der Waals surface area (Å²) in [6.45, 7) is 1.20. The summed E-state index contributed by atoms with van der Waals surface area (Å²) in [5.41, 5.74) is -2.31. The highest BCUT2D eigenvalue weighted by Crippen LogP contribution is 2.42. The first kappa shape index (κ1) is 28.1. The quantitative estimate of drug-likeness (QED) is 0.386. The van der Waals surface area contributed by atoms with Crippen LogP contribution in [0, 0.1) is 0 Å². The Labute approximate surface area is 234 Å². The molecule has 5 rings (SSSR count). The molecule has 2 aliphatic rings. The van der Waals surface area contributed by atoms with E-state index >= 15 is 0 Å². The molecule has 14 heteroatoms. The van der Waals surface area contributed by atoms with Crippen LogP contribution in [0.5, 0.6) is 28.7 Å². The van der Waals surface area contributed by atoms with Crippen molar-refractivity contribution in [2.45, 2.75) is 19.1 Å². The number of esters is 1. The smallest absolute Gasteiger partial charge is 0.434 e. The molecule has 0 amide bonds. The third-order valence-electron chi connectivity index (χ3n) is 6.29. The fourth-order valence-electron chi connectivity index (χ4n) is 4.58. The van der Waals surface area contributed by atoms with Crippen LogP contribution in [0.15, 0.2) is 51.4 Å². The summed E-state index contributed by atoms with van der Waals surface area (Å²) in [5.74, 6) is 0.341. The van der Waals surface area contributed by atoms with Gasteiger partial charge in [0.2, 0.25) is 12.5 Å². The minimum atomic E-state index is -5.03. The Bertz CT molecular complexity index is 1720. The molecule has 0 fully saturated rings. The number of hydrogen-bond donors (Lipinski definition) is 0. The lowest BCUT2D eigenvalue weighted by Crippen LogP contribution is -2.41. The fourth-order valence-corrected chi connectivity index (χ4v) is 5.58. The molecule has 0 unspecified atom stereocenters. The molecular weight excluding hydrogens is 569 g/mol. The van der Waals surface area contributed by atoms with Crippen molar-refractivity contribution in [3.63, 3.8) is 0 Å². The van der Waals surface area contributed by atoms with Crippen molar-refractivity contribution in [1.29, 1.82) is 0 Å². The van der Waals surface area contributed by atoms with Crippen LogP contribution in [-0.4, -0.2) is 51.4 Å². The average Bonchev–Trinajstić information content (AvgIpc) is 3.54. The van der Waals surface area contributed by atoms with E-state index in [1.807, 2.05) is 0 Å². The molecule has 1 aromatic heterocycles. The predicted molar refractivity (Wildman–Crippen MR) is 139 cm³/mol. The molecule has 3 heterocycles. The van der Waals surface area contributed by atoms with E-state index in [0.717, 1.165) is 15.9 Å². The van der Waals surface area contributed by atoms with Crippen molar-refractivity contribution in [1.82, 2.24) is 4.57 Å². The first-order valence-electron chi connectivity index (χ1n) is 12.1. The molecule has 10 nitrogen and oxygen atoms in total. The molecule has 1 atom stereocenters. The van der Waals surface area contributed by atoms with Gasteiger partial charge in [0, 0.05) is 0 Å². The monoisotopic (exact) mass is 592 g/mol. The van der Waals surface area contributed by atoms with Crippen LogP contribution in [0.3, 0.4) is 0 Å². The second-order valence-corrected chi connectivity index (χ2v) is 9.64. The number of carbonyl (C=O) groups excluding carboxylic acids is 1. The van der Waals surface area contributed by atoms with Gasteiger partial charge in [-0.25, -0.2) is 9.79 Å². The van der Waals surface area contributed by atoms with Crippen molar-refractivity contribution in [2.24, 2.45) is 4.99 Å². The Morgan fingerprint density at radius 3 is 2.39 bits per heavy atom. The van der Waals surface area contributed by atoms with Gasteiger partial charge in [0.25, 0.3) is 5.56 Å². The van der Waals surface area contributed by atoms with Crippen molar-refractivity contribution in [3.05, 3.63) is 72.4 Å². The summed E-state index contributed by atoms with van der Waals surface area (Å²) in [6.07, 6.45) is -3.56. The highest BCUT2D eigenvalue weighted by Gasteiger charge is 2.45. The largest absolute Gasteiger partial charge is 0.493 e. The summed E-state index contributed by atoms with van der Waals surface area (Å²) >= 11 is 0.738. The number of hydrogen-bond acceptors (Lipinski definition) is 10.